The molecule has 7 heteroatoms. The number of ether oxygens (including phenoxy) is 2. The van der Waals surface area contributed by atoms with Crippen LogP contribution in [0.25, 0.3) is 0 Å². The van der Waals surface area contributed by atoms with Crippen LogP contribution < -0.4 is 10.2 Å². The quantitative estimate of drug-likeness (QED) is 0.763. The Morgan fingerprint density at radius 2 is 1.65 bits per heavy atom. The van der Waals surface area contributed by atoms with E-state index in [0.29, 0.717) is 6.54 Å². The van der Waals surface area contributed by atoms with Crippen molar-refractivity contribution in [2.75, 3.05) is 39.5 Å². The maximum absolute atomic E-state index is 10.2. The zero-order valence-electron chi connectivity index (χ0n) is 16.2. The van der Waals surface area contributed by atoms with Gasteiger partial charge >= 0.3 is 7.12 Å². The van der Waals surface area contributed by atoms with E-state index < -0.39 is 6.10 Å². The Morgan fingerprint density at radius 1 is 1.08 bits per heavy atom. The maximum atomic E-state index is 10.2. The lowest BCUT2D eigenvalue weighted by atomic mass is 9.79. The molecular formula is C19H30BNO5. The van der Waals surface area contributed by atoms with Crippen molar-refractivity contribution in [2.24, 2.45) is 0 Å². The third-order valence-electron chi connectivity index (χ3n) is 5.42. The standard InChI is InChI=1S/C19H30BNO5/c1-18(2)19(3,4)26-20(25-18)15-5-7-17(8-6-15)24-14-16(22)13-21-9-11-23-12-10-21/h5-8,16,22H,9-14H2,1-4H3/t16-/m1/s1. The summed E-state index contributed by atoms with van der Waals surface area (Å²) in [5.41, 5.74) is 0.261. The van der Waals surface area contributed by atoms with E-state index in [-0.39, 0.29) is 24.9 Å². The number of nitrogens with zero attached hydrogens (tertiary/aromatic N) is 1. The molecule has 0 unspecified atom stereocenters. The van der Waals surface area contributed by atoms with Gasteiger partial charge in [-0.2, -0.15) is 0 Å². The molecule has 1 aromatic carbocycles. The van der Waals surface area contributed by atoms with Crippen LogP contribution in [0.1, 0.15) is 27.7 Å². The van der Waals surface area contributed by atoms with Gasteiger partial charge in [-0.1, -0.05) is 12.1 Å². The molecule has 3 rings (SSSR count). The van der Waals surface area contributed by atoms with E-state index >= 15 is 0 Å². The molecule has 2 fully saturated rings. The third kappa shape index (κ3) is 4.59. The van der Waals surface area contributed by atoms with Crippen LogP contribution in [0.2, 0.25) is 0 Å². The van der Waals surface area contributed by atoms with Crippen molar-refractivity contribution in [1.82, 2.24) is 4.90 Å². The molecule has 0 radical (unpaired) electrons. The number of benzene rings is 1. The third-order valence-corrected chi connectivity index (χ3v) is 5.42. The van der Waals surface area contributed by atoms with Crippen LogP contribution >= 0.6 is 0 Å². The fourth-order valence-electron chi connectivity index (χ4n) is 3.03. The minimum atomic E-state index is -0.518. The van der Waals surface area contributed by atoms with Crippen molar-refractivity contribution < 1.29 is 23.9 Å². The number of hydrogen-bond donors (Lipinski definition) is 1. The van der Waals surface area contributed by atoms with Gasteiger partial charge in [0.1, 0.15) is 18.5 Å². The first-order valence-corrected chi connectivity index (χ1v) is 9.33. The molecule has 6 nitrogen and oxygen atoms in total. The van der Waals surface area contributed by atoms with Crippen LogP contribution in [0.15, 0.2) is 24.3 Å². The average molecular weight is 363 g/mol. The smallest absolute Gasteiger partial charge is 0.491 e. The van der Waals surface area contributed by atoms with Crippen LogP contribution in [0.5, 0.6) is 5.75 Å². The molecule has 144 valence electrons. The normalized spacial score (nSPS) is 23.8. The molecule has 0 spiro atoms. The van der Waals surface area contributed by atoms with Crippen molar-refractivity contribution in [3.63, 3.8) is 0 Å². The van der Waals surface area contributed by atoms with Crippen LogP contribution in [-0.4, -0.2) is 73.9 Å². The molecule has 1 aromatic rings. The summed E-state index contributed by atoms with van der Waals surface area (Å²) in [6.45, 7) is 12.2. The van der Waals surface area contributed by atoms with Gasteiger partial charge in [-0.25, -0.2) is 0 Å². The van der Waals surface area contributed by atoms with Crippen LogP contribution in [0.4, 0.5) is 0 Å². The van der Waals surface area contributed by atoms with Gasteiger partial charge in [0.2, 0.25) is 0 Å². The lowest BCUT2D eigenvalue weighted by Gasteiger charge is -2.32. The van der Waals surface area contributed by atoms with E-state index in [4.69, 9.17) is 18.8 Å². The molecule has 0 bridgehead atoms. The van der Waals surface area contributed by atoms with Gasteiger partial charge in [0.25, 0.3) is 0 Å². The van der Waals surface area contributed by atoms with Crippen molar-refractivity contribution in [3.05, 3.63) is 24.3 Å². The number of β-amino-alcohol motifs (C(OH)–C–C–N with tert-alkyl or cyclic N) is 1. The van der Waals surface area contributed by atoms with Crippen LogP contribution in [-0.2, 0) is 14.0 Å². The zero-order chi connectivity index (χ0) is 18.8. The molecule has 1 atom stereocenters. The van der Waals surface area contributed by atoms with Gasteiger partial charge in [0.05, 0.1) is 24.4 Å². The van der Waals surface area contributed by atoms with Gasteiger partial charge < -0.3 is 23.9 Å². The lowest BCUT2D eigenvalue weighted by Crippen LogP contribution is -2.42. The Hall–Kier alpha value is -1.12. The van der Waals surface area contributed by atoms with E-state index in [1.165, 1.54) is 0 Å². The summed E-state index contributed by atoms with van der Waals surface area (Å²) in [5, 5.41) is 10.2. The summed E-state index contributed by atoms with van der Waals surface area (Å²) >= 11 is 0. The van der Waals surface area contributed by atoms with Gasteiger partial charge in [-0.05, 0) is 45.3 Å². The Kier molecular flexibility index (Phi) is 5.94. The van der Waals surface area contributed by atoms with Crippen LogP contribution in [0, 0.1) is 0 Å². The summed E-state index contributed by atoms with van der Waals surface area (Å²) in [4.78, 5) is 2.19. The SMILES string of the molecule is CC1(C)OB(c2ccc(OC[C@H](O)CN3CCOCC3)cc2)OC1(C)C. The van der Waals surface area contributed by atoms with Crippen molar-refractivity contribution in [3.8, 4) is 5.75 Å². The molecule has 2 aliphatic heterocycles. The number of aliphatic hydroxyl groups excluding tert-OH is 1. The monoisotopic (exact) mass is 363 g/mol. The number of rotatable bonds is 6. The Morgan fingerprint density at radius 3 is 2.23 bits per heavy atom. The maximum Gasteiger partial charge on any atom is 0.494 e. The molecule has 0 saturated carbocycles. The summed E-state index contributed by atoms with van der Waals surface area (Å²) in [5.74, 6) is 0.728. The first-order chi connectivity index (χ1) is 12.3. The average Bonchev–Trinajstić information content (AvgIpc) is 2.82. The Balaban J connectivity index is 1.49. The molecule has 0 amide bonds. The molecule has 2 aliphatic rings. The minimum absolute atomic E-state index is 0.271. The second-order valence-corrected chi connectivity index (χ2v) is 8.04. The minimum Gasteiger partial charge on any atom is -0.491 e. The van der Waals surface area contributed by atoms with E-state index in [1.54, 1.807) is 0 Å². The molecule has 26 heavy (non-hydrogen) atoms. The highest BCUT2D eigenvalue weighted by atomic mass is 16.7. The molecule has 2 saturated heterocycles. The van der Waals surface area contributed by atoms with E-state index in [1.807, 2.05) is 52.0 Å². The van der Waals surface area contributed by atoms with Gasteiger partial charge in [-0.15, -0.1) is 0 Å². The molecule has 1 N–H and O–H groups in total. The fraction of sp³-hybridized carbons (Fsp3) is 0.684. The molecular weight excluding hydrogens is 333 g/mol. The second-order valence-electron chi connectivity index (χ2n) is 8.04. The highest BCUT2D eigenvalue weighted by Crippen LogP contribution is 2.36. The van der Waals surface area contributed by atoms with E-state index in [0.717, 1.165) is 37.5 Å². The largest absolute Gasteiger partial charge is 0.494 e. The number of aliphatic hydroxyl groups is 1. The van der Waals surface area contributed by atoms with Crippen molar-refractivity contribution in [1.29, 1.82) is 0 Å². The topological polar surface area (TPSA) is 60.4 Å². The van der Waals surface area contributed by atoms with Crippen molar-refractivity contribution in [2.45, 2.75) is 45.0 Å². The second kappa shape index (κ2) is 7.86. The first-order valence-electron chi connectivity index (χ1n) is 9.33. The summed E-state index contributed by atoms with van der Waals surface area (Å²) in [6, 6.07) is 7.68. The van der Waals surface area contributed by atoms with Gasteiger partial charge in [0, 0.05) is 19.6 Å². The zero-order valence-corrected chi connectivity index (χ0v) is 16.2. The van der Waals surface area contributed by atoms with Gasteiger partial charge in [0.15, 0.2) is 0 Å². The summed E-state index contributed by atoms with van der Waals surface area (Å²) in [7, 11) is -0.374. The Bertz CT molecular complexity index is 570. The van der Waals surface area contributed by atoms with Crippen LogP contribution in [0.3, 0.4) is 0 Å². The predicted octanol–water partition coefficient (Wildman–Crippen LogP) is 1.06. The number of morpholine rings is 1. The van der Waals surface area contributed by atoms with Gasteiger partial charge in [-0.3, -0.25) is 4.90 Å². The first kappa shape index (κ1) is 19.6. The highest BCUT2D eigenvalue weighted by molar-refractivity contribution is 6.62. The lowest BCUT2D eigenvalue weighted by molar-refractivity contribution is 0.00465. The predicted molar refractivity (Wildman–Crippen MR) is 101 cm³/mol. The highest BCUT2D eigenvalue weighted by Gasteiger charge is 2.51. The van der Waals surface area contributed by atoms with E-state index in [2.05, 4.69) is 4.90 Å². The van der Waals surface area contributed by atoms with E-state index in [9.17, 15) is 5.11 Å². The molecule has 2 heterocycles. The number of hydrogen-bond acceptors (Lipinski definition) is 6. The Labute approximate surface area is 156 Å². The molecule has 0 aromatic heterocycles. The van der Waals surface area contributed by atoms with Crippen molar-refractivity contribution >= 4 is 12.6 Å². The summed E-state index contributed by atoms with van der Waals surface area (Å²) in [6.07, 6.45) is -0.518. The fourth-order valence-corrected chi connectivity index (χ4v) is 3.03. The molecule has 0 aliphatic carbocycles. The summed E-state index contributed by atoms with van der Waals surface area (Å²) < 4.78 is 23.1.